The average Bonchev–Trinajstić information content (AvgIpc) is 2.97. The van der Waals surface area contributed by atoms with Gasteiger partial charge in [-0.1, -0.05) is 23.7 Å². The Morgan fingerprint density at radius 3 is 2.76 bits per heavy atom. The summed E-state index contributed by atoms with van der Waals surface area (Å²) in [6, 6.07) is 12.9. The second kappa shape index (κ2) is 5.00. The van der Waals surface area contributed by atoms with Crippen molar-refractivity contribution in [3.05, 3.63) is 64.4 Å². The van der Waals surface area contributed by atoms with Gasteiger partial charge >= 0.3 is 0 Å². The van der Waals surface area contributed by atoms with E-state index in [0.717, 1.165) is 29.3 Å². The van der Waals surface area contributed by atoms with Crippen molar-refractivity contribution < 1.29 is 9.13 Å². The van der Waals surface area contributed by atoms with Crippen LogP contribution in [0.5, 0.6) is 0 Å². The molecule has 0 amide bonds. The Bertz CT molecular complexity index is 673. The molecule has 4 heteroatoms. The molecule has 108 valence electrons. The van der Waals surface area contributed by atoms with Gasteiger partial charge in [0, 0.05) is 28.8 Å². The molecule has 0 unspecified atom stereocenters. The van der Waals surface area contributed by atoms with Crippen molar-refractivity contribution in [2.45, 2.75) is 18.6 Å². The molecule has 0 spiro atoms. The molecule has 0 bridgehead atoms. The third-order valence-electron chi connectivity index (χ3n) is 4.43. The van der Waals surface area contributed by atoms with Crippen LogP contribution in [0.3, 0.4) is 0 Å². The third kappa shape index (κ3) is 2.21. The minimum Gasteiger partial charge on any atom is -0.378 e. The fraction of sp³-hybridized carbons (Fsp3) is 0.294. The Morgan fingerprint density at radius 2 is 1.95 bits per heavy atom. The molecule has 0 aromatic heterocycles. The van der Waals surface area contributed by atoms with Crippen LogP contribution in [-0.2, 0) is 4.74 Å². The first-order chi connectivity index (χ1) is 10.2. The van der Waals surface area contributed by atoms with E-state index in [1.54, 1.807) is 12.1 Å². The lowest BCUT2D eigenvalue weighted by Gasteiger charge is -2.36. The molecule has 0 aliphatic carbocycles. The van der Waals surface area contributed by atoms with Crippen molar-refractivity contribution in [1.29, 1.82) is 0 Å². The Hall–Kier alpha value is -1.58. The van der Waals surface area contributed by atoms with Crippen LogP contribution in [0.4, 0.5) is 10.1 Å². The van der Waals surface area contributed by atoms with Crippen LogP contribution in [0.25, 0.3) is 0 Å². The fourth-order valence-corrected chi connectivity index (χ4v) is 3.57. The second-order valence-electron chi connectivity index (χ2n) is 5.65. The zero-order chi connectivity index (χ0) is 14.4. The predicted molar refractivity (Wildman–Crippen MR) is 81.0 cm³/mol. The lowest BCUT2D eigenvalue weighted by molar-refractivity contribution is 0.0826. The molecule has 2 aromatic rings. The highest BCUT2D eigenvalue weighted by Gasteiger charge is 2.41. The van der Waals surface area contributed by atoms with E-state index in [4.69, 9.17) is 16.3 Å². The first-order valence-corrected chi connectivity index (χ1v) is 7.53. The lowest BCUT2D eigenvalue weighted by atomic mass is 9.81. The van der Waals surface area contributed by atoms with E-state index >= 15 is 0 Å². The summed E-state index contributed by atoms with van der Waals surface area (Å²) in [5.41, 5.74) is 3.08. The second-order valence-corrected chi connectivity index (χ2v) is 6.09. The minimum absolute atomic E-state index is 0.0300. The van der Waals surface area contributed by atoms with Gasteiger partial charge in [0.1, 0.15) is 5.82 Å². The fourth-order valence-electron chi connectivity index (χ4n) is 3.44. The van der Waals surface area contributed by atoms with Crippen LogP contribution >= 0.6 is 11.6 Å². The number of ether oxygens (including phenoxy) is 1. The summed E-state index contributed by atoms with van der Waals surface area (Å²) in [7, 11) is 0. The van der Waals surface area contributed by atoms with Crippen LogP contribution in [0, 0.1) is 11.7 Å². The molecule has 1 fully saturated rings. The zero-order valence-electron chi connectivity index (χ0n) is 11.4. The van der Waals surface area contributed by atoms with Crippen molar-refractivity contribution in [2.75, 3.05) is 11.9 Å². The van der Waals surface area contributed by atoms with Crippen molar-refractivity contribution >= 4 is 17.3 Å². The van der Waals surface area contributed by atoms with Crippen LogP contribution in [0.1, 0.15) is 29.7 Å². The van der Waals surface area contributed by atoms with E-state index in [-0.39, 0.29) is 18.0 Å². The molecule has 2 aliphatic rings. The topological polar surface area (TPSA) is 21.3 Å². The quantitative estimate of drug-likeness (QED) is 0.823. The third-order valence-corrected chi connectivity index (χ3v) is 4.68. The molecule has 0 saturated carbocycles. The first-order valence-electron chi connectivity index (χ1n) is 7.15. The maximum absolute atomic E-state index is 13.5. The number of anilines is 1. The number of benzene rings is 2. The lowest BCUT2D eigenvalue weighted by Crippen LogP contribution is -2.29. The van der Waals surface area contributed by atoms with Crippen molar-refractivity contribution in [2.24, 2.45) is 5.92 Å². The van der Waals surface area contributed by atoms with Crippen LogP contribution in [0.15, 0.2) is 42.5 Å². The van der Waals surface area contributed by atoms with Crippen molar-refractivity contribution in [3.63, 3.8) is 0 Å². The summed E-state index contributed by atoms with van der Waals surface area (Å²) >= 11 is 5.97. The largest absolute Gasteiger partial charge is 0.378 e. The maximum atomic E-state index is 13.5. The SMILES string of the molecule is Fc1ccc2c(c1)[C@H]1OCC[C@H]1[C@@H](c1ccc(Cl)cc1)N2. The molecule has 1 saturated heterocycles. The number of halogens is 2. The molecule has 1 N–H and O–H groups in total. The molecule has 21 heavy (non-hydrogen) atoms. The predicted octanol–water partition coefficient (Wildman–Crippen LogP) is 4.72. The van der Waals surface area contributed by atoms with Gasteiger partial charge in [0.25, 0.3) is 0 Å². The Kier molecular flexibility index (Phi) is 3.12. The molecule has 2 heterocycles. The van der Waals surface area contributed by atoms with Gasteiger partial charge in [-0.2, -0.15) is 0 Å². The van der Waals surface area contributed by atoms with Gasteiger partial charge in [0.2, 0.25) is 0 Å². The standard InChI is InChI=1S/C17H15ClFNO/c18-11-3-1-10(2-4-11)16-13-7-8-21-17(13)14-9-12(19)5-6-15(14)20-16/h1-6,9,13,16-17,20H,7-8H2/t13-,16+,17-/m0/s1. The monoisotopic (exact) mass is 303 g/mol. The van der Waals surface area contributed by atoms with E-state index in [1.165, 1.54) is 11.6 Å². The number of nitrogens with one attached hydrogen (secondary N) is 1. The van der Waals surface area contributed by atoms with E-state index < -0.39 is 0 Å². The molecule has 4 rings (SSSR count). The van der Waals surface area contributed by atoms with Gasteiger partial charge < -0.3 is 10.1 Å². The number of fused-ring (bicyclic) bond motifs is 3. The van der Waals surface area contributed by atoms with E-state index in [1.807, 2.05) is 24.3 Å². The van der Waals surface area contributed by atoms with Gasteiger partial charge in [-0.25, -0.2) is 4.39 Å². The number of hydrogen-bond acceptors (Lipinski definition) is 2. The van der Waals surface area contributed by atoms with E-state index in [0.29, 0.717) is 5.92 Å². The molecule has 0 radical (unpaired) electrons. The smallest absolute Gasteiger partial charge is 0.123 e. The summed E-state index contributed by atoms with van der Waals surface area (Å²) in [5.74, 6) is 0.107. The van der Waals surface area contributed by atoms with Gasteiger partial charge in [-0.15, -0.1) is 0 Å². The molecule has 2 nitrogen and oxygen atoms in total. The Labute approximate surface area is 127 Å². The highest BCUT2D eigenvalue weighted by Crippen LogP contribution is 2.49. The summed E-state index contributed by atoms with van der Waals surface area (Å²) in [5, 5.41) is 4.27. The highest BCUT2D eigenvalue weighted by molar-refractivity contribution is 6.30. The van der Waals surface area contributed by atoms with Crippen molar-refractivity contribution in [3.8, 4) is 0 Å². The zero-order valence-corrected chi connectivity index (χ0v) is 12.1. The maximum Gasteiger partial charge on any atom is 0.123 e. The normalized spacial score (nSPS) is 26.9. The van der Waals surface area contributed by atoms with Crippen molar-refractivity contribution in [1.82, 2.24) is 0 Å². The van der Waals surface area contributed by atoms with Crippen LogP contribution < -0.4 is 5.32 Å². The summed E-state index contributed by atoms with van der Waals surface area (Å²) in [6.07, 6.45) is 0.943. The molecular weight excluding hydrogens is 289 g/mol. The minimum atomic E-state index is -0.213. The Morgan fingerprint density at radius 1 is 1.14 bits per heavy atom. The van der Waals surface area contributed by atoms with Gasteiger partial charge in [0.15, 0.2) is 0 Å². The first kappa shape index (κ1) is 13.1. The van der Waals surface area contributed by atoms with Crippen LogP contribution in [-0.4, -0.2) is 6.61 Å². The van der Waals surface area contributed by atoms with Gasteiger partial charge in [-0.3, -0.25) is 0 Å². The summed E-state index contributed by atoms with van der Waals surface area (Å²) < 4.78 is 19.4. The summed E-state index contributed by atoms with van der Waals surface area (Å²) in [4.78, 5) is 0. The molecule has 3 atom stereocenters. The van der Waals surface area contributed by atoms with E-state index in [2.05, 4.69) is 5.32 Å². The average molecular weight is 304 g/mol. The van der Waals surface area contributed by atoms with E-state index in [9.17, 15) is 4.39 Å². The summed E-state index contributed by atoms with van der Waals surface area (Å²) in [6.45, 7) is 0.719. The van der Waals surface area contributed by atoms with Gasteiger partial charge in [0.05, 0.1) is 12.1 Å². The van der Waals surface area contributed by atoms with Crippen LogP contribution in [0.2, 0.25) is 5.02 Å². The Balaban J connectivity index is 1.77. The number of hydrogen-bond donors (Lipinski definition) is 1. The molecule has 2 aliphatic heterocycles. The molecule has 2 aromatic carbocycles. The number of rotatable bonds is 1. The highest BCUT2D eigenvalue weighted by atomic mass is 35.5. The molecular formula is C17H15ClFNO. The van der Waals surface area contributed by atoms with Gasteiger partial charge in [-0.05, 0) is 42.3 Å².